The van der Waals surface area contributed by atoms with Crippen molar-refractivity contribution >= 4 is 17.2 Å². The van der Waals surface area contributed by atoms with E-state index in [4.69, 9.17) is 4.74 Å². The van der Waals surface area contributed by atoms with Gasteiger partial charge in [0, 0.05) is 36.7 Å². The molecule has 1 aromatic carbocycles. The maximum Gasteiger partial charge on any atom is 0.254 e. The monoisotopic (exact) mass is 390 g/mol. The van der Waals surface area contributed by atoms with Crippen LogP contribution in [-0.2, 0) is 0 Å². The topological polar surface area (TPSA) is 42.4 Å². The molecule has 1 amide bonds. The second-order valence-corrected chi connectivity index (χ2v) is 8.37. The quantitative estimate of drug-likeness (QED) is 0.628. The Kier molecular flexibility index (Phi) is 4.61. The summed E-state index contributed by atoms with van der Waals surface area (Å²) in [4.78, 5) is 19.4. The van der Waals surface area contributed by atoms with Crippen molar-refractivity contribution in [1.82, 2.24) is 9.88 Å². The lowest BCUT2D eigenvalue weighted by atomic mass is 9.98. The Morgan fingerprint density at radius 3 is 2.46 bits per heavy atom. The highest BCUT2D eigenvalue weighted by Crippen LogP contribution is 2.38. The van der Waals surface area contributed by atoms with Crippen molar-refractivity contribution in [1.29, 1.82) is 0 Å². The Hall–Kier alpha value is -2.66. The first-order valence-electron chi connectivity index (χ1n) is 9.80. The summed E-state index contributed by atoms with van der Waals surface area (Å²) < 4.78 is 6.13. The standard InChI is InChI=1S/C23H22N2O2S/c26-23(17-5-3-16(4-6-17)18-9-11-28-15-18)25-19-7-8-20(25)13-22(12-19)27-21-2-1-10-24-14-21/h1-6,9-11,14-15,19-20,22H,7-8,12-13H2/t19-,20-/m0/s1. The van der Waals surface area contributed by atoms with Crippen molar-refractivity contribution in [2.24, 2.45) is 0 Å². The molecule has 2 aliphatic rings. The number of thiophene rings is 1. The van der Waals surface area contributed by atoms with E-state index in [9.17, 15) is 4.79 Å². The van der Waals surface area contributed by atoms with E-state index in [0.717, 1.165) is 42.6 Å². The third-order valence-corrected chi connectivity index (χ3v) is 6.53. The van der Waals surface area contributed by atoms with Crippen LogP contribution in [0, 0.1) is 0 Å². The summed E-state index contributed by atoms with van der Waals surface area (Å²) in [5.74, 6) is 0.972. The number of piperidine rings is 1. The number of nitrogens with zero attached hydrogens (tertiary/aromatic N) is 2. The lowest BCUT2D eigenvalue weighted by molar-refractivity contribution is 0.0358. The van der Waals surface area contributed by atoms with E-state index in [2.05, 4.69) is 38.8 Å². The summed E-state index contributed by atoms with van der Waals surface area (Å²) in [6, 6.07) is 14.5. The molecule has 28 heavy (non-hydrogen) atoms. The molecule has 2 atom stereocenters. The predicted molar refractivity (Wildman–Crippen MR) is 111 cm³/mol. The minimum absolute atomic E-state index is 0.157. The van der Waals surface area contributed by atoms with Gasteiger partial charge in [-0.3, -0.25) is 9.78 Å². The van der Waals surface area contributed by atoms with Crippen LogP contribution < -0.4 is 4.74 Å². The molecule has 2 bridgehead atoms. The Morgan fingerprint density at radius 2 is 1.82 bits per heavy atom. The van der Waals surface area contributed by atoms with Gasteiger partial charge in [-0.2, -0.15) is 11.3 Å². The molecule has 2 aromatic heterocycles. The first-order chi connectivity index (χ1) is 13.8. The van der Waals surface area contributed by atoms with Crippen molar-refractivity contribution in [3.8, 4) is 16.9 Å². The molecule has 142 valence electrons. The molecule has 5 rings (SSSR count). The summed E-state index contributed by atoms with van der Waals surface area (Å²) in [6.45, 7) is 0. The zero-order valence-corrected chi connectivity index (χ0v) is 16.3. The number of fused-ring (bicyclic) bond motifs is 2. The zero-order chi connectivity index (χ0) is 18.9. The van der Waals surface area contributed by atoms with Gasteiger partial charge in [0.15, 0.2) is 0 Å². The molecule has 2 aliphatic heterocycles. The average Bonchev–Trinajstić information content (AvgIpc) is 3.35. The van der Waals surface area contributed by atoms with Gasteiger partial charge >= 0.3 is 0 Å². The van der Waals surface area contributed by atoms with Crippen molar-refractivity contribution in [2.45, 2.75) is 43.9 Å². The van der Waals surface area contributed by atoms with Gasteiger partial charge < -0.3 is 9.64 Å². The Morgan fingerprint density at radius 1 is 1.04 bits per heavy atom. The normalized spacial score (nSPS) is 23.6. The summed E-state index contributed by atoms with van der Waals surface area (Å²) in [6.07, 6.45) is 7.59. The van der Waals surface area contributed by atoms with Crippen molar-refractivity contribution < 1.29 is 9.53 Å². The lowest BCUT2D eigenvalue weighted by Gasteiger charge is -2.39. The van der Waals surface area contributed by atoms with Gasteiger partial charge in [-0.15, -0.1) is 0 Å². The van der Waals surface area contributed by atoms with Gasteiger partial charge in [0.1, 0.15) is 11.9 Å². The van der Waals surface area contributed by atoms with Crippen LogP contribution in [0.2, 0.25) is 0 Å². The smallest absolute Gasteiger partial charge is 0.254 e. The number of carbonyl (C=O) groups is 1. The summed E-state index contributed by atoms with van der Waals surface area (Å²) in [7, 11) is 0. The number of carbonyl (C=O) groups excluding carboxylic acids is 1. The number of amides is 1. The molecule has 0 aliphatic carbocycles. The third-order valence-electron chi connectivity index (χ3n) is 5.85. The summed E-state index contributed by atoms with van der Waals surface area (Å²) >= 11 is 1.69. The van der Waals surface area contributed by atoms with E-state index in [1.54, 1.807) is 23.7 Å². The van der Waals surface area contributed by atoms with Gasteiger partial charge in [0.2, 0.25) is 0 Å². The van der Waals surface area contributed by atoms with E-state index in [0.29, 0.717) is 0 Å². The molecule has 2 saturated heterocycles. The van der Waals surface area contributed by atoms with Crippen molar-refractivity contribution in [3.63, 3.8) is 0 Å². The number of hydrogen-bond donors (Lipinski definition) is 0. The van der Waals surface area contributed by atoms with E-state index < -0.39 is 0 Å². The third kappa shape index (κ3) is 3.31. The van der Waals surface area contributed by atoms with Crippen molar-refractivity contribution in [3.05, 3.63) is 71.2 Å². The van der Waals surface area contributed by atoms with E-state index in [-0.39, 0.29) is 24.1 Å². The molecule has 4 heterocycles. The van der Waals surface area contributed by atoms with Gasteiger partial charge in [0.05, 0.1) is 6.20 Å². The van der Waals surface area contributed by atoms with Gasteiger partial charge in [-0.05, 0) is 65.1 Å². The van der Waals surface area contributed by atoms with Gasteiger partial charge in [-0.1, -0.05) is 12.1 Å². The number of aromatic nitrogens is 1. The van der Waals surface area contributed by atoms with E-state index >= 15 is 0 Å². The minimum Gasteiger partial charge on any atom is -0.489 e. The fourth-order valence-corrected chi connectivity index (χ4v) is 5.21. The molecular weight excluding hydrogens is 368 g/mol. The van der Waals surface area contributed by atoms with E-state index in [1.807, 2.05) is 24.3 Å². The van der Waals surface area contributed by atoms with Crippen LogP contribution in [0.1, 0.15) is 36.0 Å². The fraction of sp³-hybridized carbons (Fsp3) is 0.304. The molecule has 2 fully saturated rings. The highest BCUT2D eigenvalue weighted by molar-refractivity contribution is 7.08. The molecule has 0 spiro atoms. The maximum absolute atomic E-state index is 13.2. The molecule has 3 aromatic rings. The number of benzene rings is 1. The summed E-state index contributed by atoms with van der Waals surface area (Å²) in [5, 5.41) is 4.20. The average molecular weight is 391 g/mol. The number of rotatable bonds is 4. The molecule has 4 nitrogen and oxygen atoms in total. The SMILES string of the molecule is O=C(c1ccc(-c2ccsc2)cc1)N1[C@H]2CC[C@H]1CC(Oc1cccnc1)C2. The molecule has 0 saturated carbocycles. The minimum atomic E-state index is 0.157. The lowest BCUT2D eigenvalue weighted by Crippen LogP contribution is -2.49. The first kappa shape index (κ1) is 17.4. The first-order valence-corrected chi connectivity index (χ1v) is 10.7. The van der Waals surface area contributed by atoms with E-state index in [1.165, 1.54) is 5.56 Å². The highest BCUT2D eigenvalue weighted by atomic mass is 32.1. The largest absolute Gasteiger partial charge is 0.489 e. The predicted octanol–water partition coefficient (Wildman–Crippen LogP) is 5.02. The zero-order valence-electron chi connectivity index (χ0n) is 15.5. The highest BCUT2D eigenvalue weighted by Gasteiger charge is 2.44. The number of pyridine rings is 1. The molecule has 5 heteroatoms. The Labute approximate surface area is 168 Å². The van der Waals surface area contributed by atoms with Crippen LogP contribution in [0.15, 0.2) is 65.6 Å². The van der Waals surface area contributed by atoms with Gasteiger partial charge in [-0.25, -0.2) is 0 Å². The van der Waals surface area contributed by atoms with Crippen LogP contribution in [-0.4, -0.2) is 34.0 Å². The Balaban J connectivity index is 1.29. The van der Waals surface area contributed by atoms with Crippen LogP contribution >= 0.6 is 11.3 Å². The fourth-order valence-electron chi connectivity index (χ4n) is 4.55. The van der Waals surface area contributed by atoms with Gasteiger partial charge in [0.25, 0.3) is 5.91 Å². The molecule has 0 radical (unpaired) electrons. The second-order valence-electron chi connectivity index (χ2n) is 7.59. The molecule has 0 unspecified atom stereocenters. The van der Waals surface area contributed by atoms with Crippen molar-refractivity contribution in [2.75, 3.05) is 0 Å². The van der Waals surface area contributed by atoms with Crippen LogP contribution in [0.3, 0.4) is 0 Å². The number of ether oxygens (including phenoxy) is 1. The second kappa shape index (κ2) is 7.40. The number of hydrogen-bond acceptors (Lipinski definition) is 4. The van der Waals surface area contributed by atoms with Crippen LogP contribution in [0.4, 0.5) is 0 Å². The molecular formula is C23H22N2O2S. The van der Waals surface area contributed by atoms with Crippen LogP contribution in [0.25, 0.3) is 11.1 Å². The van der Waals surface area contributed by atoms with Crippen LogP contribution in [0.5, 0.6) is 5.75 Å². The Bertz CT molecular complexity index is 927. The summed E-state index contributed by atoms with van der Waals surface area (Å²) in [5.41, 5.74) is 3.14. The molecule has 0 N–H and O–H groups in total. The maximum atomic E-state index is 13.2.